The van der Waals surface area contributed by atoms with Crippen molar-refractivity contribution in [2.24, 2.45) is 0 Å². The Morgan fingerprint density at radius 2 is 1.68 bits per heavy atom. The highest BCUT2D eigenvalue weighted by molar-refractivity contribution is 5.89. The Labute approximate surface area is 107 Å². The van der Waals surface area contributed by atoms with Crippen molar-refractivity contribution in [1.29, 1.82) is 0 Å². The van der Waals surface area contributed by atoms with Crippen molar-refractivity contribution in [2.75, 3.05) is 6.61 Å². The molecule has 0 aliphatic carbocycles. The molecule has 1 rings (SSSR count). The van der Waals surface area contributed by atoms with Crippen molar-refractivity contribution in [1.82, 2.24) is 0 Å². The third kappa shape index (κ3) is 3.84. The summed E-state index contributed by atoms with van der Waals surface area (Å²) in [5.41, 5.74) is 0.112. The number of carbonyl (C=O) groups excluding carboxylic acids is 1. The number of hydrogen-bond acceptors (Lipinski definition) is 3. The second-order valence-electron chi connectivity index (χ2n) is 3.75. The third-order valence-electron chi connectivity index (χ3n) is 2.12. The highest BCUT2D eigenvalue weighted by atomic mass is 19.3. The fourth-order valence-corrected chi connectivity index (χ4v) is 1.11. The number of benzene rings is 1. The van der Waals surface area contributed by atoms with Crippen LogP contribution in [-0.4, -0.2) is 24.6 Å². The van der Waals surface area contributed by atoms with E-state index in [1.807, 2.05) is 0 Å². The van der Waals surface area contributed by atoms with Crippen molar-refractivity contribution in [3.8, 4) is 5.75 Å². The summed E-state index contributed by atoms with van der Waals surface area (Å²) in [7, 11) is 0. The third-order valence-corrected chi connectivity index (χ3v) is 2.12. The van der Waals surface area contributed by atoms with E-state index in [9.17, 15) is 22.4 Å². The van der Waals surface area contributed by atoms with Crippen molar-refractivity contribution in [3.05, 3.63) is 29.8 Å². The van der Waals surface area contributed by atoms with E-state index in [0.717, 1.165) is 24.3 Å². The highest BCUT2D eigenvalue weighted by Crippen LogP contribution is 2.35. The zero-order chi connectivity index (χ0) is 14.7. The van der Waals surface area contributed by atoms with Gasteiger partial charge in [-0.3, -0.25) is 0 Å². The summed E-state index contributed by atoms with van der Waals surface area (Å²) in [6.45, 7) is 1.83. The summed E-state index contributed by atoms with van der Waals surface area (Å²) < 4.78 is 59.6. The maximum atomic E-state index is 12.9. The van der Waals surface area contributed by atoms with Crippen LogP contribution < -0.4 is 4.74 Å². The number of hydrogen-bond donors (Lipinski definition) is 0. The van der Waals surface area contributed by atoms with Crippen molar-refractivity contribution >= 4 is 5.97 Å². The predicted molar refractivity (Wildman–Crippen MR) is 58.6 cm³/mol. The Hall–Kier alpha value is -1.79. The van der Waals surface area contributed by atoms with Gasteiger partial charge in [0.05, 0.1) is 12.2 Å². The molecule has 0 aliphatic rings. The summed E-state index contributed by atoms with van der Waals surface area (Å²) in [5, 5.41) is 0. The van der Waals surface area contributed by atoms with Crippen LogP contribution in [0.2, 0.25) is 0 Å². The number of rotatable bonds is 5. The first kappa shape index (κ1) is 15.3. The van der Waals surface area contributed by atoms with Crippen LogP contribution in [0.5, 0.6) is 5.75 Å². The molecule has 0 fully saturated rings. The van der Waals surface area contributed by atoms with Gasteiger partial charge in [0.1, 0.15) is 5.75 Å². The molecule has 0 bridgehead atoms. The largest absolute Gasteiger partial charge is 0.463 e. The second kappa shape index (κ2) is 5.46. The van der Waals surface area contributed by atoms with Gasteiger partial charge in [-0.15, -0.1) is 0 Å². The molecule has 0 amide bonds. The minimum absolute atomic E-state index is 0.0555. The number of halogens is 4. The summed E-state index contributed by atoms with van der Waals surface area (Å²) in [6, 6.07) is 4.28. The summed E-state index contributed by atoms with van der Waals surface area (Å²) >= 11 is 0. The SMILES string of the molecule is CCOC(=O)c1ccc(OC(F)(F)C(C)(F)F)cc1. The van der Waals surface area contributed by atoms with Gasteiger partial charge in [0, 0.05) is 6.92 Å². The summed E-state index contributed by atoms with van der Waals surface area (Å²) in [4.78, 5) is 11.3. The van der Waals surface area contributed by atoms with E-state index < -0.39 is 23.7 Å². The number of esters is 1. The molecule has 1 aromatic rings. The lowest BCUT2D eigenvalue weighted by molar-refractivity contribution is -0.301. The predicted octanol–water partition coefficient (Wildman–Crippen LogP) is 3.49. The normalized spacial score (nSPS) is 12.1. The number of ether oxygens (including phenoxy) is 2. The van der Waals surface area contributed by atoms with Gasteiger partial charge in [-0.2, -0.15) is 17.6 Å². The van der Waals surface area contributed by atoms with Gasteiger partial charge in [-0.05, 0) is 31.2 Å². The smallest absolute Gasteiger partial charge is 0.462 e. The molecule has 0 atom stereocenters. The van der Waals surface area contributed by atoms with Gasteiger partial charge in [0.25, 0.3) is 0 Å². The lowest BCUT2D eigenvalue weighted by atomic mass is 10.2. The Morgan fingerprint density at radius 1 is 1.16 bits per heavy atom. The van der Waals surface area contributed by atoms with Crippen LogP contribution in [0.25, 0.3) is 0 Å². The van der Waals surface area contributed by atoms with Gasteiger partial charge >= 0.3 is 18.0 Å². The molecule has 1 aromatic carbocycles. The zero-order valence-corrected chi connectivity index (χ0v) is 10.3. The first-order valence-electron chi connectivity index (χ1n) is 5.39. The molecule has 0 N–H and O–H groups in total. The molecule has 0 spiro atoms. The molecular weight excluding hydrogens is 268 g/mol. The molecule has 0 radical (unpaired) electrons. The van der Waals surface area contributed by atoms with E-state index in [2.05, 4.69) is 9.47 Å². The molecule has 0 saturated carbocycles. The molecule has 0 unspecified atom stereocenters. The molecule has 19 heavy (non-hydrogen) atoms. The maximum absolute atomic E-state index is 12.9. The van der Waals surface area contributed by atoms with Crippen LogP contribution >= 0.6 is 0 Å². The Balaban J connectivity index is 2.81. The zero-order valence-electron chi connectivity index (χ0n) is 10.3. The van der Waals surface area contributed by atoms with Gasteiger partial charge in [-0.25, -0.2) is 4.79 Å². The van der Waals surface area contributed by atoms with E-state index >= 15 is 0 Å². The average molecular weight is 280 g/mol. The van der Waals surface area contributed by atoms with E-state index in [4.69, 9.17) is 0 Å². The molecule has 7 heteroatoms. The fraction of sp³-hybridized carbons (Fsp3) is 0.417. The molecule has 0 saturated heterocycles. The Bertz CT molecular complexity index is 437. The van der Waals surface area contributed by atoms with Crippen molar-refractivity contribution in [3.63, 3.8) is 0 Å². The van der Waals surface area contributed by atoms with Crippen LogP contribution in [0.1, 0.15) is 24.2 Å². The lowest BCUT2D eigenvalue weighted by Crippen LogP contribution is -2.42. The Morgan fingerprint density at radius 3 is 2.11 bits per heavy atom. The van der Waals surface area contributed by atoms with Crippen molar-refractivity contribution in [2.45, 2.75) is 25.9 Å². The number of carbonyl (C=O) groups is 1. The van der Waals surface area contributed by atoms with E-state index in [-0.39, 0.29) is 19.1 Å². The van der Waals surface area contributed by atoms with E-state index in [1.54, 1.807) is 6.92 Å². The molecule has 0 aliphatic heterocycles. The minimum Gasteiger partial charge on any atom is -0.462 e. The van der Waals surface area contributed by atoms with Crippen molar-refractivity contribution < 1.29 is 31.8 Å². The summed E-state index contributed by atoms with van der Waals surface area (Å²) in [6.07, 6.45) is -4.63. The van der Waals surface area contributed by atoms with Gasteiger partial charge in [0.15, 0.2) is 0 Å². The van der Waals surface area contributed by atoms with Gasteiger partial charge in [-0.1, -0.05) is 0 Å². The minimum atomic E-state index is -4.63. The topological polar surface area (TPSA) is 35.5 Å². The Kier molecular flexibility index (Phi) is 4.39. The average Bonchev–Trinajstić information content (AvgIpc) is 2.28. The summed E-state index contributed by atoms with van der Waals surface area (Å²) in [5.74, 6) is -5.42. The first-order chi connectivity index (χ1) is 8.67. The molecule has 0 heterocycles. The molecule has 106 valence electrons. The molecule has 0 aromatic heterocycles. The monoisotopic (exact) mass is 280 g/mol. The first-order valence-corrected chi connectivity index (χ1v) is 5.39. The lowest BCUT2D eigenvalue weighted by Gasteiger charge is -2.23. The maximum Gasteiger partial charge on any atom is 0.463 e. The quantitative estimate of drug-likeness (QED) is 0.611. The van der Waals surface area contributed by atoms with Gasteiger partial charge < -0.3 is 9.47 Å². The second-order valence-corrected chi connectivity index (χ2v) is 3.75. The van der Waals surface area contributed by atoms with Crippen LogP contribution in [0.4, 0.5) is 17.6 Å². The van der Waals surface area contributed by atoms with Crippen LogP contribution in [0, 0.1) is 0 Å². The highest BCUT2D eigenvalue weighted by Gasteiger charge is 2.55. The number of alkyl halides is 4. The molecular formula is C12H12F4O3. The van der Waals surface area contributed by atoms with Crippen LogP contribution in [0.15, 0.2) is 24.3 Å². The fourth-order valence-electron chi connectivity index (χ4n) is 1.11. The van der Waals surface area contributed by atoms with E-state index in [0.29, 0.717) is 0 Å². The van der Waals surface area contributed by atoms with E-state index in [1.165, 1.54) is 0 Å². The van der Waals surface area contributed by atoms with Gasteiger partial charge in [0.2, 0.25) is 0 Å². The van der Waals surface area contributed by atoms with Crippen LogP contribution in [-0.2, 0) is 4.74 Å². The standard InChI is InChI=1S/C12H12F4O3/c1-3-18-10(17)8-4-6-9(7-5-8)19-12(15,16)11(2,13)14/h4-7H,3H2,1-2H3. The molecule has 3 nitrogen and oxygen atoms in total. The van der Waals surface area contributed by atoms with Crippen LogP contribution in [0.3, 0.4) is 0 Å².